The normalized spacial score (nSPS) is 10.6. The highest BCUT2D eigenvalue weighted by molar-refractivity contribution is 5.67. The van der Waals surface area contributed by atoms with Crippen LogP contribution in [0.4, 0.5) is 0 Å². The summed E-state index contributed by atoms with van der Waals surface area (Å²) in [5.41, 5.74) is 2.29. The highest BCUT2D eigenvalue weighted by Crippen LogP contribution is 2.16. The first-order valence-electron chi connectivity index (χ1n) is 6.49. The van der Waals surface area contributed by atoms with Crippen molar-refractivity contribution < 1.29 is 15.0 Å². The van der Waals surface area contributed by atoms with Gasteiger partial charge >= 0.3 is 5.97 Å². The summed E-state index contributed by atoms with van der Waals surface area (Å²) >= 11 is 0. The molecule has 0 saturated heterocycles. The summed E-state index contributed by atoms with van der Waals surface area (Å²) in [6.45, 7) is 3.82. The molecule has 0 amide bonds. The van der Waals surface area contributed by atoms with Crippen LogP contribution in [0.1, 0.15) is 23.2 Å². The van der Waals surface area contributed by atoms with E-state index >= 15 is 0 Å². The first-order valence-corrected chi connectivity index (χ1v) is 6.49. The summed E-state index contributed by atoms with van der Waals surface area (Å²) in [5.74, 6) is -1.26. The molecule has 2 N–H and O–H groups in total. The molecule has 0 spiro atoms. The van der Waals surface area contributed by atoms with Crippen LogP contribution in [-0.2, 0) is 11.2 Å². The Morgan fingerprint density at radius 1 is 1.19 bits per heavy atom. The Morgan fingerprint density at radius 2 is 1.81 bits per heavy atom. The van der Waals surface area contributed by atoms with E-state index in [1.54, 1.807) is 12.1 Å². The molecule has 0 fully saturated rings. The molecular weight excluding hydrogens is 272 g/mol. The lowest BCUT2D eigenvalue weighted by molar-refractivity contribution is -0.136. The third-order valence-electron chi connectivity index (χ3n) is 3.01. The van der Waals surface area contributed by atoms with E-state index in [2.05, 4.69) is 5.10 Å². The summed E-state index contributed by atoms with van der Waals surface area (Å²) in [4.78, 5) is 22.6. The fraction of sp³-hybridized carbons (Fsp3) is 0.267. The second-order valence-corrected chi connectivity index (χ2v) is 4.97. The van der Waals surface area contributed by atoms with Crippen molar-refractivity contribution in [3.8, 4) is 11.4 Å². The molecule has 0 radical (unpaired) electrons. The number of carbonyl (C=O) groups is 1. The average molecular weight is 288 g/mol. The highest BCUT2D eigenvalue weighted by Gasteiger charge is 2.11. The molecule has 0 unspecified atom stereocenters. The maximum atomic E-state index is 12.0. The van der Waals surface area contributed by atoms with Crippen LogP contribution in [0.5, 0.6) is 5.75 Å². The molecular formula is C15H16N2O4. The molecule has 21 heavy (non-hydrogen) atoms. The number of carboxylic acid groups (broad SMARTS) is 1. The van der Waals surface area contributed by atoms with E-state index in [-0.39, 0.29) is 24.3 Å². The topological polar surface area (TPSA) is 92.4 Å². The molecule has 110 valence electrons. The fourth-order valence-corrected chi connectivity index (χ4v) is 2.14. The predicted octanol–water partition coefficient (Wildman–Crippen LogP) is 1.57. The quantitative estimate of drug-likeness (QED) is 0.891. The molecule has 0 aliphatic rings. The Labute approximate surface area is 121 Å². The Balaban J connectivity index is 2.50. The third-order valence-corrected chi connectivity index (χ3v) is 3.01. The standard InChI is InChI=1S/C15H16N2O4/c1-9-5-10(2)7-11(6-9)17-14(19)8-13(18)12(16-17)3-4-15(20)21/h5-8,18H,3-4H2,1-2H3,(H,20,21). The maximum Gasteiger partial charge on any atom is 0.303 e. The van der Waals surface area contributed by atoms with Crippen molar-refractivity contribution in [2.24, 2.45) is 0 Å². The van der Waals surface area contributed by atoms with Gasteiger partial charge in [-0.15, -0.1) is 0 Å². The van der Waals surface area contributed by atoms with Gasteiger partial charge in [0.2, 0.25) is 0 Å². The number of aromatic hydroxyl groups is 1. The molecule has 1 heterocycles. The van der Waals surface area contributed by atoms with Crippen LogP contribution < -0.4 is 5.56 Å². The van der Waals surface area contributed by atoms with Crippen molar-refractivity contribution in [2.75, 3.05) is 0 Å². The Kier molecular flexibility index (Phi) is 4.07. The highest BCUT2D eigenvalue weighted by atomic mass is 16.4. The fourth-order valence-electron chi connectivity index (χ4n) is 2.14. The zero-order valence-electron chi connectivity index (χ0n) is 11.8. The van der Waals surface area contributed by atoms with Crippen molar-refractivity contribution in [1.82, 2.24) is 9.78 Å². The molecule has 1 aromatic carbocycles. The molecule has 2 rings (SSSR count). The van der Waals surface area contributed by atoms with E-state index in [1.807, 2.05) is 19.9 Å². The van der Waals surface area contributed by atoms with Gasteiger partial charge in [-0.25, -0.2) is 0 Å². The summed E-state index contributed by atoms with van der Waals surface area (Å²) in [5, 5.41) is 22.5. The van der Waals surface area contributed by atoms with Crippen LogP contribution in [0, 0.1) is 13.8 Å². The molecule has 2 aromatic rings. The van der Waals surface area contributed by atoms with Crippen molar-refractivity contribution in [3.63, 3.8) is 0 Å². The van der Waals surface area contributed by atoms with Crippen molar-refractivity contribution in [2.45, 2.75) is 26.7 Å². The first kappa shape index (κ1) is 14.8. The monoisotopic (exact) mass is 288 g/mol. The Bertz CT molecular complexity index is 730. The molecule has 6 nitrogen and oxygen atoms in total. The minimum Gasteiger partial charge on any atom is -0.506 e. The van der Waals surface area contributed by atoms with Crippen LogP contribution in [0.25, 0.3) is 5.69 Å². The van der Waals surface area contributed by atoms with Crippen LogP contribution in [0.15, 0.2) is 29.1 Å². The average Bonchev–Trinajstić information content (AvgIpc) is 2.36. The van der Waals surface area contributed by atoms with Gasteiger partial charge in [-0.3, -0.25) is 9.59 Å². The van der Waals surface area contributed by atoms with Gasteiger partial charge in [-0.1, -0.05) is 6.07 Å². The lowest BCUT2D eigenvalue weighted by Gasteiger charge is -2.10. The predicted molar refractivity (Wildman–Crippen MR) is 76.9 cm³/mol. The number of aryl methyl sites for hydroxylation is 3. The van der Waals surface area contributed by atoms with Gasteiger partial charge in [0.25, 0.3) is 5.56 Å². The van der Waals surface area contributed by atoms with Gasteiger partial charge in [0, 0.05) is 12.5 Å². The summed E-state index contributed by atoms with van der Waals surface area (Å²) < 4.78 is 1.18. The number of aromatic nitrogens is 2. The minimum atomic E-state index is -0.986. The maximum absolute atomic E-state index is 12.0. The Hall–Kier alpha value is -2.63. The lowest BCUT2D eigenvalue weighted by atomic mass is 10.1. The summed E-state index contributed by atoms with van der Waals surface area (Å²) in [7, 11) is 0. The van der Waals surface area contributed by atoms with Crippen molar-refractivity contribution in [1.29, 1.82) is 0 Å². The second kappa shape index (κ2) is 5.78. The smallest absolute Gasteiger partial charge is 0.303 e. The van der Waals surface area contributed by atoms with Gasteiger partial charge < -0.3 is 10.2 Å². The number of aliphatic carboxylic acids is 1. The number of hydrogen-bond donors (Lipinski definition) is 2. The zero-order valence-corrected chi connectivity index (χ0v) is 11.8. The number of carboxylic acids is 1. The van der Waals surface area contributed by atoms with Crippen LogP contribution >= 0.6 is 0 Å². The van der Waals surface area contributed by atoms with Crippen LogP contribution in [-0.4, -0.2) is 26.0 Å². The number of nitrogens with zero attached hydrogens (tertiary/aromatic N) is 2. The molecule has 0 bridgehead atoms. The van der Waals surface area contributed by atoms with Crippen molar-refractivity contribution in [3.05, 3.63) is 51.4 Å². The number of hydrogen-bond acceptors (Lipinski definition) is 4. The molecule has 0 atom stereocenters. The van der Waals surface area contributed by atoms with Gasteiger partial charge in [0.1, 0.15) is 11.4 Å². The van der Waals surface area contributed by atoms with Crippen LogP contribution in [0.3, 0.4) is 0 Å². The Morgan fingerprint density at radius 3 is 2.38 bits per heavy atom. The zero-order chi connectivity index (χ0) is 15.6. The number of rotatable bonds is 4. The van der Waals surface area contributed by atoms with Gasteiger partial charge in [0.15, 0.2) is 0 Å². The van der Waals surface area contributed by atoms with Gasteiger partial charge in [-0.2, -0.15) is 9.78 Å². The van der Waals surface area contributed by atoms with E-state index < -0.39 is 11.5 Å². The van der Waals surface area contributed by atoms with E-state index in [0.29, 0.717) is 5.69 Å². The molecule has 1 aromatic heterocycles. The summed E-state index contributed by atoms with van der Waals surface area (Å²) in [6, 6.07) is 6.64. The van der Waals surface area contributed by atoms with Gasteiger partial charge in [-0.05, 0) is 37.1 Å². The van der Waals surface area contributed by atoms with E-state index in [0.717, 1.165) is 17.2 Å². The summed E-state index contributed by atoms with van der Waals surface area (Å²) in [6.07, 6.45) is -0.0994. The van der Waals surface area contributed by atoms with E-state index in [4.69, 9.17) is 5.11 Å². The molecule has 0 aliphatic heterocycles. The molecule has 0 aliphatic carbocycles. The third kappa shape index (κ3) is 3.47. The first-order chi connectivity index (χ1) is 9.86. The van der Waals surface area contributed by atoms with Gasteiger partial charge in [0.05, 0.1) is 12.1 Å². The van der Waals surface area contributed by atoms with E-state index in [9.17, 15) is 14.7 Å². The number of benzene rings is 1. The minimum absolute atomic E-state index is 0.0618. The lowest BCUT2D eigenvalue weighted by Crippen LogP contribution is -2.22. The largest absolute Gasteiger partial charge is 0.506 e. The second-order valence-electron chi connectivity index (χ2n) is 4.97. The molecule has 6 heteroatoms. The molecule has 0 saturated carbocycles. The SMILES string of the molecule is Cc1cc(C)cc(-n2nc(CCC(=O)O)c(O)cc2=O)c1. The van der Waals surface area contributed by atoms with E-state index in [1.165, 1.54) is 4.68 Å². The van der Waals surface area contributed by atoms with Crippen LogP contribution in [0.2, 0.25) is 0 Å². The van der Waals surface area contributed by atoms with Crippen molar-refractivity contribution >= 4 is 5.97 Å².